The number of amides is 1. The number of carbonyl (C=O) groups excluding carboxylic acids is 2. The SMILES string of the molecule is CCCCCCCCCC(=O)Nc1c(C(=O)OCC)[nH]c2ccc(F)cc12. The molecule has 0 fully saturated rings. The first kappa shape index (κ1) is 20.9. The maximum atomic E-state index is 13.6. The third-order valence-electron chi connectivity index (χ3n) is 4.51. The van der Waals surface area contributed by atoms with E-state index in [1.807, 2.05) is 0 Å². The van der Waals surface area contributed by atoms with Crippen LogP contribution in [0.2, 0.25) is 0 Å². The number of carbonyl (C=O) groups is 2. The zero-order valence-electron chi connectivity index (χ0n) is 16.2. The minimum atomic E-state index is -0.569. The second-order valence-corrected chi connectivity index (χ2v) is 6.70. The Bertz CT molecular complexity index is 770. The van der Waals surface area contributed by atoms with Gasteiger partial charge in [-0.15, -0.1) is 0 Å². The molecule has 0 atom stereocenters. The van der Waals surface area contributed by atoms with E-state index in [4.69, 9.17) is 4.74 Å². The van der Waals surface area contributed by atoms with E-state index in [0.29, 0.717) is 17.3 Å². The second-order valence-electron chi connectivity index (χ2n) is 6.70. The van der Waals surface area contributed by atoms with Gasteiger partial charge in [-0.25, -0.2) is 9.18 Å². The molecule has 0 radical (unpaired) electrons. The molecule has 0 aliphatic carbocycles. The Hall–Kier alpha value is -2.37. The first-order valence-corrected chi connectivity index (χ1v) is 9.85. The van der Waals surface area contributed by atoms with Gasteiger partial charge in [0, 0.05) is 17.3 Å². The number of ether oxygens (including phenoxy) is 1. The fourth-order valence-electron chi connectivity index (χ4n) is 3.09. The molecular weight excluding hydrogens is 347 g/mol. The third kappa shape index (κ3) is 6.08. The smallest absolute Gasteiger partial charge is 0.356 e. The molecule has 6 heteroatoms. The largest absolute Gasteiger partial charge is 0.461 e. The maximum absolute atomic E-state index is 13.6. The minimum absolute atomic E-state index is 0.144. The number of fused-ring (bicyclic) bond motifs is 1. The molecule has 2 N–H and O–H groups in total. The number of aromatic amines is 1. The molecule has 2 rings (SSSR count). The van der Waals surface area contributed by atoms with Gasteiger partial charge in [-0.3, -0.25) is 4.79 Å². The summed E-state index contributed by atoms with van der Waals surface area (Å²) in [5.41, 5.74) is 1.01. The van der Waals surface area contributed by atoms with Crippen molar-refractivity contribution in [3.63, 3.8) is 0 Å². The average Bonchev–Trinajstić information content (AvgIpc) is 2.99. The Morgan fingerprint density at radius 2 is 1.78 bits per heavy atom. The molecule has 0 bridgehead atoms. The van der Waals surface area contributed by atoms with Gasteiger partial charge in [-0.1, -0.05) is 45.4 Å². The molecular formula is C21H29FN2O3. The van der Waals surface area contributed by atoms with Gasteiger partial charge in [0.25, 0.3) is 0 Å². The first-order valence-electron chi connectivity index (χ1n) is 9.85. The normalized spacial score (nSPS) is 10.9. The predicted molar refractivity (Wildman–Crippen MR) is 105 cm³/mol. The number of benzene rings is 1. The van der Waals surface area contributed by atoms with Gasteiger partial charge in [-0.05, 0) is 31.5 Å². The molecule has 27 heavy (non-hydrogen) atoms. The van der Waals surface area contributed by atoms with Crippen molar-refractivity contribution in [2.75, 3.05) is 11.9 Å². The van der Waals surface area contributed by atoms with Gasteiger partial charge >= 0.3 is 5.97 Å². The first-order chi connectivity index (χ1) is 13.1. The van der Waals surface area contributed by atoms with E-state index >= 15 is 0 Å². The van der Waals surface area contributed by atoms with Crippen molar-refractivity contribution in [3.05, 3.63) is 29.7 Å². The number of hydrogen-bond donors (Lipinski definition) is 2. The number of hydrogen-bond acceptors (Lipinski definition) is 3. The summed E-state index contributed by atoms with van der Waals surface area (Å²) in [7, 11) is 0. The Labute approximate surface area is 159 Å². The number of rotatable bonds is 11. The quantitative estimate of drug-likeness (QED) is 0.398. The van der Waals surface area contributed by atoms with Gasteiger partial charge in [-0.2, -0.15) is 0 Å². The van der Waals surface area contributed by atoms with Crippen LogP contribution in [0.3, 0.4) is 0 Å². The van der Waals surface area contributed by atoms with E-state index < -0.39 is 11.8 Å². The molecule has 5 nitrogen and oxygen atoms in total. The van der Waals surface area contributed by atoms with Gasteiger partial charge in [0.2, 0.25) is 5.91 Å². The third-order valence-corrected chi connectivity index (χ3v) is 4.51. The van der Waals surface area contributed by atoms with Crippen LogP contribution in [-0.2, 0) is 9.53 Å². The Kier molecular flexibility index (Phi) is 8.30. The molecule has 1 heterocycles. The lowest BCUT2D eigenvalue weighted by molar-refractivity contribution is -0.116. The van der Waals surface area contributed by atoms with Crippen molar-refractivity contribution in [2.24, 2.45) is 0 Å². The van der Waals surface area contributed by atoms with Crippen LogP contribution in [0.4, 0.5) is 10.1 Å². The van der Waals surface area contributed by atoms with Crippen molar-refractivity contribution in [2.45, 2.75) is 65.2 Å². The number of unbranched alkanes of at least 4 members (excludes halogenated alkanes) is 6. The Morgan fingerprint density at radius 1 is 1.07 bits per heavy atom. The monoisotopic (exact) mass is 376 g/mol. The van der Waals surface area contributed by atoms with Gasteiger partial charge < -0.3 is 15.0 Å². The summed E-state index contributed by atoms with van der Waals surface area (Å²) >= 11 is 0. The standard InChI is InChI=1S/C21H29FN2O3/c1-3-5-6-7-8-9-10-11-18(25)24-19-16-14-15(22)12-13-17(16)23-20(19)21(26)27-4-2/h12-14,23H,3-11H2,1-2H3,(H,24,25). The number of H-pyrrole nitrogens is 1. The predicted octanol–water partition coefficient (Wildman–Crippen LogP) is 5.56. The molecule has 0 saturated heterocycles. The Balaban J connectivity index is 2.01. The number of halogens is 1. The lowest BCUT2D eigenvalue weighted by Gasteiger charge is -2.07. The fraction of sp³-hybridized carbons (Fsp3) is 0.524. The van der Waals surface area contributed by atoms with Crippen LogP contribution in [-0.4, -0.2) is 23.5 Å². The zero-order chi connectivity index (χ0) is 19.6. The lowest BCUT2D eigenvalue weighted by atomic mass is 10.1. The zero-order valence-corrected chi connectivity index (χ0v) is 16.2. The van der Waals surface area contributed by atoms with Crippen molar-refractivity contribution in [1.29, 1.82) is 0 Å². The number of esters is 1. The van der Waals surface area contributed by atoms with E-state index in [0.717, 1.165) is 19.3 Å². The summed E-state index contributed by atoms with van der Waals surface area (Å²) in [5, 5.41) is 3.24. The highest BCUT2D eigenvalue weighted by Gasteiger charge is 2.21. The van der Waals surface area contributed by atoms with Crippen molar-refractivity contribution in [3.8, 4) is 0 Å². The van der Waals surface area contributed by atoms with E-state index in [9.17, 15) is 14.0 Å². The molecule has 1 aromatic heterocycles. The van der Waals surface area contributed by atoms with E-state index in [2.05, 4.69) is 17.2 Å². The van der Waals surface area contributed by atoms with Crippen molar-refractivity contribution in [1.82, 2.24) is 4.98 Å². The minimum Gasteiger partial charge on any atom is -0.461 e. The van der Waals surface area contributed by atoms with Crippen LogP contribution in [0.25, 0.3) is 10.9 Å². The number of aromatic nitrogens is 1. The van der Waals surface area contributed by atoms with E-state index in [1.54, 1.807) is 13.0 Å². The van der Waals surface area contributed by atoms with Crippen LogP contribution in [0, 0.1) is 5.82 Å². The summed E-state index contributed by atoms with van der Waals surface area (Å²) in [6.07, 6.45) is 8.22. The lowest BCUT2D eigenvalue weighted by Crippen LogP contribution is -2.15. The summed E-state index contributed by atoms with van der Waals surface area (Å²) < 4.78 is 18.7. The molecule has 0 aliphatic rings. The second kappa shape index (κ2) is 10.7. The molecule has 0 spiro atoms. The number of nitrogens with one attached hydrogen (secondary N) is 2. The molecule has 0 unspecified atom stereocenters. The highest BCUT2D eigenvalue weighted by molar-refractivity contribution is 6.10. The molecule has 0 aliphatic heterocycles. The van der Waals surface area contributed by atoms with Crippen LogP contribution in [0.15, 0.2) is 18.2 Å². The van der Waals surface area contributed by atoms with E-state index in [-0.39, 0.29) is 23.9 Å². The molecule has 1 amide bonds. The van der Waals surface area contributed by atoms with Crippen LogP contribution in [0.1, 0.15) is 75.7 Å². The topological polar surface area (TPSA) is 71.2 Å². The molecule has 148 valence electrons. The number of anilines is 1. The fourth-order valence-corrected chi connectivity index (χ4v) is 3.09. The van der Waals surface area contributed by atoms with Crippen LogP contribution >= 0.6 is 0 Å². The molecule has 1 aromatic carbocycles. The highest BCUT2D eigenvalue weighted by Crippen LogP contribution is 2.29. The highest BCUT2D eigenvalue weighted by atomic mass is 19.1. The molecule has 0 saturated carbocycles. The van der Waals surface area contributed by atoms with Crippen molar-refractivity contribution >= 4 is 28.5 Å². The average molecular weight is 376 g/mol. The van der Waals surface area contributed by atoms with Crippen molar-refractivity contribution < 1.29 is 18.7 Å². The Morgan fingerprint density at radius 3 is 2.48 bits per heavy atom. The van der Waals surface area contributed by atoms with Gasteiger partial charge in [0.15, 0.2) is 0 Å². The van der Waals surface area contributed by atoms with Gasteiger partial charge in [0.05, 0.1) is 12.3 Å². The molecule has 2 aromatic rings. The van der Waals surface area contributed by atoms with E-state index in [1.165, 1.54) is 37.8 Å². The van der Waals surface area contributed by atoms with Crippen LogP contribution < -0.4 is 5.32 Å². The summed E-state index contributed by atoms with van der Waals surface area (Å²) in [6, 6.07) is 4.15. The van der Waals surface area contributed by atoms with Gasteiger partial charge in [0.1, 0.15) is 11.5 Å². The summed E-state index contributed by atoms with van der Waals surface area (Å²) in [4.78, 5) is 27.4. The maximum Gasteiger partial charge on any atom is 0.356 e. The van der Waals surface area contributed by atoms with Crippen LogP contribution in [0.5, 0.6) is 0 Å². The summed E-state index contributed by atoms with van der Waals surface area (Å²) in [6.45, 7) is 4.11. The summed E-state index contributed by atoms with van der Waals surface area (Å²) in [5.74, 6) is -1.18.